The highest BCUT2D eigenvalue weighted by molar-refractivity contribution is 7.10. The summed E-state index contributed by atoms with van der Waals surface area (Å²) in [6, 6.07) is 6.68. The molecule has 1 heterocycles. The number of hydrogen-bond acceptors (Lipinski definition) is 5. The summed E-state index contributed by atoms with van der Waals surface area (Å²) in [5.74, 6) is 0. The van der Waals surface area contributed by atoms with E-state index in [1.165, 1.54) is 17.4 Å². The summed E-state index contributed by atoms with van der Waals surface area (Å²) in [6.07, 6.45) is 4.13. The van der Waals surface area contributed by atoms with Crippen LogP contribution in [-0.2, 0) is 5.54 Å². The van der Waals surface area contributed by atoms with Crippen molar-refractivity contribution in [3.8, 4) is 11.3 Å². The van der Waals surface area contributed by atoms with Crippen LogP contribution in [0.25, 0.3) is 11.3 Å². The highest BCUT2D eigenvalue weighted by atomic mass is 32.1. The van der Waals surface area contributed by atoms with Crippen LogP contribution in [0.5, 0.6) is 0 Å². The van der Waals surface area contributed by atoms with Gasteiger partial charge in [0.15, 0.2) is 0 Å². The van der Waals surface area contributed by atoms with Gasteiger partial charge in [0.1, 0.15) is 5.01 Å². The van der Waals surface area contributed by atoms with Crippen molar-refractivity contribution < 1.29 is 4.92 Å². The number of nitro benzene ring substituents is 1. The van der Waals surface area contributed by atoms with Crippen LogP contribution < -0.4 is 5.73 Å². The number of hydrogen-bond donors (Lipinski definition) is 1. The Labute approximate surface area is 120 Å². The first kappa shape index (κ1) is 13.2. The molecule has 1 aromatic heterocycles. The van der Waals surface area contributed by atoms with Crippen molar-refractivity contribution in [1.29, 1.82) is 0 Å². The Kier molecular flexibility index (Phi) is 3.27. The zero-order valence-electron chi connectivity index (χ0n) is 10.9. The van der Waals surface area contributed by atoms with Gasteiger partial charge in [-0.25, -0.2) is 4.98 Å². The van der Waals surface area contributed by atoms with Gasteiger partial charge in [0.25, 0.3) is 5.69 Å². The van der Waals surface area contributed by atoms with Gasteiger partial charge in [-0.3, -0.25) is 10.1 Å². The van der Waals surface area contributed by atoms with E-state index in [1.807, 2.05) is 5.38 Å². The molecule has 1 fully saturated rings. The standard InChI is InChI=1S/C14H15N3O2S/c15-14(7-3-4-8-14)13-16-11(9-20-13)10-5-1-2-6-12(10)17(18)19/h1-2,5-6,9H,3-4,7-8,15H2. The number of nitrogens with two attached hydrogens (primary N) is 1. The van der Waals surface area contributed by atoms with E-state index in [4.69, 9.17) is 5.73 Å². The molecule has 0 aliphatic heterocycles. The maximum Gasteiger partial charge on any atom is 0.278 e. The number of aromatic nitrogens is 1. The Hall–Kier alpha value is -1.79. The third kappa shape index (κ3) is 2.21. The molecule has 20 heavy (non-hydrogen) atoms. The molecule has 1 aliphatic rings. The SMILES string of the molecule is NC1(c2nc(-c3ccccc3[N+](=O)[O-])cs2)CCCC1. The zero-order chi connectivity index (χ0) is 14.2. The number of rotatable bonds is 3. The van der Waals surface area contributed by atoms with Gasteiger partial charge in [-0.15, -0.1) is 11.3 Å². The second-order valence-corrected chi connectivity index (χ2v) is 6.03. The first-order valence-corrected chi connectivity index (χ1v) is 7.47. The molecule has 0 bridgehead atoms. The van der Waals surface area contributed by atoms with E-state index in [0.29, 0.717) is 11.3 Å². The fraction of sp³-hybridized carbons (Fsp3) is 0.357. The highest BCUT2D eigenvalue weighted by Gasteiger charge is 2.34. The number of nitrogens with zero attached hydrogens (tertiary/aromatic N) is 2. The Bertz CT molecular complexity index is 647. The predicted octanol–water partition coefficient (Wildman–Crippen LogP) is 3.45. The minimum Gasteiger partial charge on any atom is -0.319 e. The maximum absolute atomic E-state index is 11.1. The fourth-order valence-corrected chi connectivity index (χ4v) is 3.69. The van der Waals surface area contributed by atoms with Crippen molar-refractivity contribution >= 4 is 17.0 Å². The zero-order valence-corrected chi connectivity index (χ0v) is 11.7. The predicted molar refractivity (Wildman–Crippen MR) is 78.5 cm³/mol. The largest absolute Gasteiger partial charge is 0.319 e. The molecule has 1 aliphatic carbocycles. The van der Waals surface area contributed by atoms with Crippen LogP contribution >= 0.6 is 11.3 Å². The monoisotopic (exact) mass is 289 g/mol. The quantitative estimate of drug-likeness (QED) is 0.693. The molecular formula is C14H15N3O2S. The van der Waals surface area contributed by atoms with E-state index in [9.17, 15) is 10.1 Å². The van der Waals surface area contributed by atoms with Gasteiger partial charge < -0.3 is 5.73 Å². The summed E-state index contributed by atoms with van der Waals surface area (Å²) >= 11 is 1.50. The van der Waals surface area contributed by atoms with Gasteiger partial charge in [0.2, 0.25) is 0 Å². The molecule has 1 saturated carbocycles. The fourth-order valence-electron chi connectivity index (χ4n) is 2.70. The lowest BCUT2D eigenvalue weighted by Crippen LogP contribution is -2.32. The van der Waals surface area contributed by atoms with Crippen LogP contribution in [-0.4, -0.2) is 9.91 Å². The summed E-state index contributed by atoms with van der Waals surface area (Å²) in [4.78, 5) is 15.3. The maximum atomic E-state index is 11.1. The van der Waals surface area contributed by atoms with Crippen LogP contribution in [0.3, 0.4) is 0 Å². The van der Waals surface area contributed by atoms with Gasteiger partial charge >= 0.3 is 0 Å². The van der Waals surface area contributed by atoms with Crippen molar-refractivity contribution in [3.63, 3.8) is 0 Å². The summed E-state index contributed by atoms with van der Waals surface area (Å²) in [5.41, 5.74) is 7.33. The Morgan fingerprint density at radius 3 is 2.70 bits per heavy atom. The van der Waals surface area contributed by atoms with E-state index in [0.717, 1.165) is 30.7 Å². The average molecular weight is 289 g/mol. The van der Waals surface area contributed by atoms with Crippen molar-refractivity contribution in [1.82, 2.24) is 4.98 Å². The normalized spacial score (nSPS) is 17.2. The van der Waals surface area contributed by atoms with Crippen LogP contribution in [0.4, 0.5) is 5.69 Å². The first-order chi connectivity index (χ1) is 9.60. The smallest absolute Gasteiger partial charge is 0.278 e. The van der Waals surface area contributed by atoms with E-state index in [2.05, 4.69) is 4.98 Å². The van der Waals surface area contributed by atoms with Gasteiger partial charge in [0, 0.05) is 11.4 Å². The van der Waals surface area contributed by atoms with Crippen LogP contribution in [0.2, 0.25) is 0 Å². The minimum absolute atomic E-state index is 0.0850. The second-order valence-electron chi connectivity index (χ2n) is 5.18. The minimum atomic E-state index is -0.373. The molecule has 0 atom stereocenters. The lowest BCUT2D eigenvalue weighted by Gasteiger charge is -2.19. The Morgan fingerprint density at radius 2 is 2.00 bits per heavy atom. The third-order valence-corrected chi connectivity index (χ3v) is 4.86. The van der Waals surface area contributed by atoms with Crippen molar-refractivity contribution in [2.75, 3.05) is 0 Å². The Balaban J connectivity index is 2.00. The molecule has 0 spiro atoms. The molecule has 5 nitrogen and oxygen atoms in total. The van der Waals surface area contributed by atoms with Crippen LogP contribution in [0.15, 0.2) is 29.6 Å². The number of para-hydroxylation sites is 1. The number of benzene rings is 1. The molecule has 1 aromatic carbocycles. The van der Waals surface area contributed by atoms with Crippen molar-refractivity contribution in [3.05, 3.63) is 44.8 Å². The highest BCUT2D eigenvalue weighted by Crippen LogP contribution is 2.40. The number of nitro groups is 1. The first-order valence-electron chi connectivity index (χ1n) is 6.59. The molecule has 6 heteroatoms. The molecule has 0 unspecified atom stereocenters. The average Bonchev–Trinajstić information content (AvgIpc) is 3.08. The van der Waals surface area contributed by atoms with Gasteiger partial charge in [0.05, 0.1) is 21.7 Å². The molecule has 0 saturated heterocycles. The topological polar surface area (TPSA) is 82.0 Å². The molecule has 3 rings (SSSR count). The summed E-state index contributed by atoms with van der Waals surface area (Å²) in [5, 5.41) is 13.8. The Morgan fingerprint density at radius 1 is 1.30 bits per heavy atom. The van der Waals surface area contributed by atoms with Crippen LogP contribution in [0.1, 0.15) is 30.7 Å². The van der Waals surface area contributed by atoms with Crippen molar-refractivity contribution in [2.24, 2.45) is 5.73 Å². The van der Waals surface area contributed by atoms with E-state index in [1.54, 1.807) is 18.2 Å². The second kappa shape index (κ2) is 4.96. The summed E-state index contributed by atoms with van der Waals surface area (Å²) < 4.78 is 0. The third-order valence-electron chi connectivity index (χ3n) is 3.80. The number of thiazole rings is 1. The molecule has 104 valence electrons. The van der Waals surface area contributed by atoms with Crippen LogP contribution in [0, 0.1) is 10.1 Å². The van der Waals surface area contributed by atoms with E-state index < -0.39 is 0 Å². The van der Waals surface area contributed by atoms with E-state index >= 15 is 0 Å². The molecule has 0 radical (unpaired) electrons. The molecular weight excluding hydrogens is 274 g/mol. The van der Waals surface area contributed by atoms with E-state index in [-0.39, 0.29) is 16.1 Å². The summed E-state index contributed by atoms with van der Waals surface area (Å²) in [7, 11) is 0. The lowest BCUT2D eigenvalue weighted by atomic mass is 10.0. The van der Waals surface area contributed by atoms with Crippen molar-refractivity contribution in [2.45, 2.75) is 31.2 Å². The molecule has 2 N–H and O–H groups in total. The van der Waals surface area contributed by atoms with Gasteiger partial charge in [-0.2, -0.15) is 0 Å². The molecule has 0 amide bonds. The lowest BCUT2D eigenvalue weighted by molar-refractivity contribution is -0.384. The molecule has 2 aromatic rings. The summed E-state index contributed by atoms with van der Waals surface area (Å²) in [6.45, 7) is 0. The van der Waals surface area contributed by atoms with Gasteiger partial charge in [-0.05, 0) is 18.9 Å². The van der Waals surface area contributed by atoms with Gasteiger partial charge in [-0.1, -0.05) is 25.0 Å².